The molecule has 1 N–H and O–H groups in total. The predicted molar refractivity (Wildman–Crippen MR) is 86.4 cm³/mol. The van der Waals surface area contributed by atoms with E-state index < -0.39 is 11.8 Å². The molecule has 0 aliphatic rings. The molecule has 24 heavy (non-hydrogen) atoms. The third-order valence-corrected chi connectivity index (χ3v) is 3.58. The van der Waals surface area contributed by atoms with Gasteiger partial charge in [-0.25, -0.2) is 8.78 Å². The van der Waals surface area contributed by atoms with E-state index in [9.17, 15) is 13.6 Å². The molecular formula is C19H13F2NO2. The van der Waals surface area contributed by atoms with E-state index in [0.717, 1.165) is 0 Å². The van der Waals surface area contributed by atoms with E-state index in [-0.39, 0.29) is 12.2 Å². The van der Waals surface area contributed by atoms with Crippen molar-refractivity contribution in [2.24, 2.45) is 0 Å². The largest absolute Gasteiger partial charge is 0.481 e. The summed E-state index contributed by atoms with van der Waals surface area (Å²) < 4.78 is 27.0. The van der Waals surface area contributed by atoms with Gasteiger partial charge in [-0.3, -0.25) is 9.78 Å². The van der Waals surface area contributed by atoms with Crippen molar-refractivity contribution in [2.75, 3.05) is 0 Å². The maximum Gasteiger partial charge on any atom is 0.309 e. The first kappa shape index (κ1) is 15.8. The van der Waals surface area contributed by atoms with E-state index in [0.29, 0.717) is 27.9 Å². The summed E-state index contributed by atoms with van der Waals surface area (Å²) in [5.74, 6) is -1.84. The molecule has 0 spiro atoms. The lowest BCUT2D eigenvalue weighted by molar-refractivity contribution is -0.136. The highest BCUT2D eigenvalue weighted by Gasteiger charge is 2.13. The predicted octanol–water partition coefficient (Wildman–Crippen LogP) is 4.32. The Labute approximate surface area is 137 Å². The lowest BCUT2D eigenvalue weighted by Gasteiger charge is -2.11. The zero-order valence-electron chi connectivity index (χ0n) is 12.5. The van der Waals surface area contributed by atoms with Crippen LogP contribution in [0.15, 0.2) is 60.8 Å². The molecule has 0 aliphatic heterocycles. The summed E-state index contributed by atoms with van der Waals surface area (Å²) in [5.41, 5.74) is 2.61. The monoisotopic (exact) mass is 325 g/mol. The van der Waals surface area contributed by atoms with Gasteiger partial charge in [-0.15, -0.1) is 0 Å². The Balaban J connectivity index is 2.15. The molecule has 0 unspecified atom stereocenters. The summed E-state index contributed by atoms with van der Waals surface area (Å²) in [7, 11) is 0. The average Bonchev–Trinajstić information content (AvgIpc) is 2.54. The van der Waals surface area contributed by atoms with Gasteiger partial charge in [0.2, 0.25) is 0 Å². The van der Waals surface area contributed by atoms with Crippen LogP contribution in [0.5, 0.6) is 0 Å². The molecule has 1 aromatic heterocycles. The van der Waals surface area contributed by atoms with Crippen LogP contribution in [0.1, 0.15) is 5.69 Å². The van der Waals surface area contributed by atoms with E-state index in [1.807, 2.05) is 0 Å². The Morgan fingerprint density at radius 1 is 0.917 bits per heavy atom. The van der Waals surface area contributed by atoms with Crippen molar-refractivity contribution < 1.29 is 18.7 Å². The molecule has 0 radical (unpaired) electrons. The highest BCUT2D eigenvalue weighted by Crippen LogP contribution is 2.29. The Morgan fingerprint density at radius 3 is 2.17 bits per heavy atom. The molecule has 5 heteroatoms. The van der Waals surface area contributed by atoms with Gasteiger partial charge in [0.1, 0.15) is 11.6 Å². The van der Waals surface area contributed by atoms with Gasteiger partial charge in [0.15, 0.2) is 0 Å². The van der Waals surface area contributed by atoms with Gasteiger partial charge in [0.25, 0.3) is 0 Å². The van der Waals surface area contributed by atoms with Crippen LogP contribution in [-0.2, 0) is 11.2 Å². The quantitative estimate of drug-likeness (QED) is 0.777. The van der Waals surface area contributed by atoms with Gasteiger partial charge in [-0.2, -0.15) is 0 Å². The minimum atomic E-state index is -1.03. The van der Waals surface area contributed by atoms with Gasteiger partial charge >= 0.3 is 5.97 Å². The van der Waals surface area contributed by atoms with Gasteiger partial charge in [-0.05, 0) is 41.5 Å². The first-order valence-corrected chi connectivity index (χ1v) is 7.25. The number of aliphatic carboxylic acids is 1. The van der Waals surface area contributed by atoms with Crippen LogP contribution in [0.2, 0.25) is 0 Å². The number of rotatable bonds is 4. The van der Waals surface area contributed by atoms with Crippen LogP contribution >= 0.6 is 0 Å². The van der Waals surface area contributed by atoms with E-state index in [1.54, 1.807) is 30.3 Å². The summed E-state index contributed by atoms with van der Waals surface area (Å²) in [6.45, 7) is 0. The second-order valence-electron chi connectivity index (χ2n) is 5.31. The lowest BCUT2D eigenvalue weighted by atomic mass is 9.98. The summed E-state index contributed by atoms with van der Waals surface area (Å²) in [5, 5.41) is 9.05. The number of carboxylic acid groups (broad SMARTS) is 1. The molecule has 0 bridgehead atoms. The van der Waals surface area contributed by atoms with Crippen molar-refractivity contribution >= 4 is 5.97 Å². The Hall–Kier alpha value is -3.08. The molecule has 0 atom stereocenters. The SMILES string of the molecule is O=C(O)Cc1ncc(-c2cccc(F)c2)cc1-c1cccc(F)c1. The number of aromatic nitrogens is 1. The first-order valence-electron chi connectivity index (χ1n) is 7.25. The molecule has 0 saturated carbocycles. The van der Waals surface area contributed by atoms with E-state index in [2.05, 4.69) is 4.98 Å². The van der Waals surface area contributed by atoms with Gasteiger partial charge in [0, 0.05) is 17.3 Å². The van der Waals surface area contributed by atoms with Crippen LogP contribution < -0.4 is 0 Å². The zero-order chi connectivity index (χ0) is 17.1. The fourth-order valence-corrected chi connectivity index (χ4v) is 2.51. The molecule has 0 saturated heterocycles. The fourth-order valence-electron chi connectivity index (χ4n) is 2.51. The smallest absolute Gasteiger partial charge is 0.309 e. The number of halogens is 2. The normalized spacial score (nSPS) is 10.6. The molecular weight excluding hydrogens is 312 g/mol. The second-order valence-corrected chi connectivity index (χ2v) is 5.31. The third kappa shape index (κ3) is 3.46. The molecule has 120 valence electrons. The molecule has 3 aromatic rings. The van der Waals surface area contributed by atoms with Crippen molar-refractivity contribution in [2.45, 2.75) is 6.42 Å². The second kappa shape index (κ2) is 6.58. The number of hydrogen-bond acceptors (Lipinski definition) is 2. The number of hydrogen-bond donors (Lipinski definition) is 1. The maximum absolute atomic E-state index is 13.5. The minimum Gasteiger partial charge on any atom is -0.481 e. The molecule has 0 amide bonds. The van der Waals surface area contributed by atoms with Crippen molar-refractivity contribution in [3.05, 3.63) is 78.1 Å². The highest BCUT2D eigenvalue weighted by molar-refractivity contribution is 5.78. The van der Waals surface area contributed by atoms with Crippen LogP contribution in [0.25, 0.3) is 22.3 Å². The summed E-state index contributed by atoms with van der Waals surface area (Å²) in [4.78, 5) is 15.3. The molecule has 2 aromatic carbocycles. The summed E-state index contributed by atoms with van der Waals surface area (Å²) >= 11 is 0. The molecule has 0 fully saturated rings. The molecule has 1 heterocycles. The van der Waals surface area contributed by atoms with E-state index in [4.69, 9.17) is 5.11 Å². The first-order chi connectivity index (χ1) is 11.5. The highest BCUT2D eigenvalue weighted by atomic mass is 19.1. The number of benzene rings is 2. The average molecular weight is 325 g/mol. The Bertz CT molecular complexity index is 909. The zero-order valence-corrected chi connectivity index (χ0v) is 12.5. The van der Waals surface area contributed by atoms with Crippen LogP contribution in [0, 0.1) is 11.6 Å². The topological polar surface area (TPSA) is 50.2 Å². The molecule has 0 aliphatic carbocycles. The lowest BCUT2D eigenvalue weighted by Crippen LogP contribution is -2.04. The Morgan fingerprint density at radius 2 is 1.54 bits per heavy atom. The summed E-state index contributed by atoms with van der Waals surface area (Å²) in [6.07, 6.45) is 1.21. The van der Waals surface area contributed by atoms with Crippen molar-refractivity contribution in [1.82, 2.24) is 4.98 Å². The van der Waals surface area contributed by atoms with Crippen LogP contribution in [-0.4, -0.2) is 16.1 Å². The van der Waals surface area contributed by atoms with Crippen molar-refractivity contribution in [3.8, 4) is 22.3 Å². The number of carbonyl (C=O) groups is 1. The Kier molecular flexibility index (Phi) is 4.33. The number of nitrogens with zero attached hydrogens (tertiary/aromatic N) is 1. The number of pyridine rings is 1. The standard InChI is InChI=1S/C19H13F2NO2/c20-15-5-1-3-12(7-15)14-9-17(13-4-2-6-16(21)8-13)18(22-11-14)10-19(23)24/h1-9,11H,10H2,(H,23,24). The van der Waals surface area contributed by atoms with Gasteiger partial charge < -0.3 is 5.11 Å². The van der Waals surface area contributed by atoms with E-state index >= 15 is 0 Å². The van der Waals surface area contributed by atoms with Crippen molar-refractivity contribution in [1.29, 1.82) is 0 Å². The minimum absolute atomic E-state index is 0.282. The molecule has 3 nitrogen and oxygen atoms in total. The van der Waals surface area contributed by atoms with Crippen LogP contribution in [0.4, 0.5) is 8.78 Å². The van der Waals surface area contributed by atoms with Gasteiger partial charge in [-0.1, -0.05) is 24.3 Å². The number of carboxylic acids is 1. The van der Waals surface area contributed by atoms with E-state index in [1.165, 1.54) is 30.5 Å². The maximum atomic E-state index is 13.5. The molecule has 3 rings (SSSR count). The van der Waals surface area contributed by atoms with Crippen LogP contribution in [0.3, 0.4) is 0 Å². The third-order valence-electron chi connectivity index (χ3n) is 3.58. The van der Waals surface area contributed by atoms with Gasteiger partial charge in [0.05, 0.1) is 12.1 Å². The summed E-state index contributed by atoms with van der Waals surface area (Å²) in [6, 6.07) is 13.6. The fraction of sp³-hybridized carbons (Fsp3) is 0.0526. The van der Waals surface area contributed by atoms with Crippen molar-refractivity contribution in [3.63, 3.8) is 0 Å².